The summed E-state index contributed by atoms with van der Waals surface area (Å²) in [6, 6.07) is 11.5. The third-order valence-corrected chi connectivity index (χ3v) is 5.13. The molecule has 0 spiro atoms. The Labute approximate surface area is 159 Å². The summed E-state index contributed by atoms with van der Waals surface area (Å²) in [4.78, 5) is 12.1. The zero-order valence-corrected chi connectivity index (χ0v) is 15.7. The van der Waals surface area contributed by atoms with E-state index >= 15 is 0 Å². The number of hydrogen-bond donors (Lipinski definition) is 1. The van der Waals surface area contributed by atoms with Gasteiger partial charge in [-0.1, -0.05) is 11.8 Å². The number of hydrogen-bond acceptors (Lipinski definition) is 6. The molecule has 7 nitrogen and oxygen atoms in total. The number of amides is 1. The van der Waals surface area contributed by atoms with Crippen molar-refractivity contribution in [1.82, 2.24) is 19.9 Å². The van der Waals surface area contributed by atoms with Crippen molar-refractivity contribution in [3.8, 4) is 5.75 Å². The minimum absolute atomic E-state index is 0.0909. The van der Waals surface area contributed by atoms with Crippen molar-refractivity contribution in [3.05, 3.63) is 54.0 Å². The molecule has 0 radical (unpaired) electrons. The number of aromatic nitrogens is 3. The molecule has 0 aliphatic rings. The number of ether oxygens (including phenoxy) is 1. The van der Waals surface area contributed by atoms with Crippen LogP contribution in [0.5, 0.6) is 5.75 Å². The summed E-state index contributed by atoms with van der Waals surface area (Å²) >= 11 is 1.35. The van der Waals surface area contributed by atoms with Crippen molar-refractivity contribution in [3.63, 3.8) is 0 Å². The van der Waals surface area contributed by atoms with E-state index in [-0.39, 0.29) is 11.7 Å². The molecule has 4 rings (SSSR count). The minimum atomic E-state index is -0.0909. The molecule has 8 heteroatoms. The number of rotatable bonds is 6. The first kappa shape index (κ1) is 17.4. The van der Waals surface area contributed by atoms with Crippen molar-refractivity contribution in [2.45, 2.75) is 18.6 Å². The summed E-state index contributed by atoms with van der Waals surface area (Å²) in [7, 11) is 1.65. The van der Waals surface area contributed by atoms with Gasteiger partial charge in [0.05, 0.1) is 31.2 Å². The van der Waals surface area contributed by atoms with Gasteiger partial charge >= 0.3 is 0 Å². The number of furan rings is 1. The summed E-state index contributed by atoms with van der Waals surface area (Å²) in [6.45, 7) is 2.36. The van der Waals surface area contributed by atoms with E-state index in [4.69, 9.17) is 9.15 Å². The molecule has 1 amide bonds. The highest BCUT2D eigenvalue weighted by atomic mass is 32.2. The van der Waals surface area contributed by atoms with Crippen LogP contribution in [-0.4, -0.2) is 33.4 Å². The van der Waals surface area contributed by atoms with Gasteiger partial charge < -0.3 is 14.5 Å². The third-order valence-electron chi connectivity index (χ3n) is 4.21. The van der Waals surface area contributed by atoms with Crippen LogP contribution in [0.25, 0.3) is 16.6 Å². The molecule has 0 unspecified atom stereocenters. The van der Waals surface area contributed by atoms with Crippen LogP contribution >= 0.6 is 11.8 Å². The molecule has 4 aromatic rings. The van der Waals surface area contributed by atoms with Crippen molar-refractivity contribution >= 4 is 34.2 Å². The predicted molar refractivity (Wildman–Crippen MR) is 103 cm³/mol. The SMILES string of the molecule is COc1ccc2c(c1)cc(C)c1nnc(SCC(=O)NCc3ccco3)n12. The normalized spacial score (nSPS) is 11.2. The van der Waals surface area contributed by atoms with Crippen molar-refractivity contribution in [2.24, 2.45) is 0 Å². The summed E-state index contributed by atoms with van der Waals surface area (Å²) < 4.78 is 12.5. The Morgan fingerprint density at radius 3 is 2.96 bits per heavy atom. The summed E-state index contributed by atoms with van der Waals surface area (Å²) in [5.41, 5.74) is 2.77. The van der Waals surface area contributed by atoms with Gasteiger partial charge in [-0.2, -0.15) is 0 Å². The van der Waals surface area contributed by atoms with Gasteiger partial charge in [0.25, 0.3) is 0 Å². The van der Waals surface area contributed by atoms with Gasteiger partial charge in [0, 0.05) is 5.39 Å². The first-order valence-corrected chi connectivity index (χ1v) is 9.38. The minimum Gasteiger partial charge on any atom is -0.497 e. The summed E-state index contributed by atoms with van der Waals surface area (Å²) in [5, 5.41) is 13.1. The number of methoxy groups -OCH3 is 1. The van der Waals surface area contributed by atoms with Gasteiger partial charge in [-0.3, -0.25) is 9.20 Å². The zero-order valence-electron chi connectivity index (χ0n) is 14.9. The monoisotopic (exact) mass is 382 g/mol. The Hall–Kier alpha value is -3.00. The van der Waals surface area contributed by atoms with E-state index in [2.05, 4.69) is 21.6 Å². The molecule has 1 aromatic carbocycles. The highest BCUT2D eigenvalue weighted by Gasteiger charge is 2.14. The molecule has 0 fully saturated rings. The molecule has 3 aromatic heterocycles. The molecular formula is C19H18N4O3S. The number of benzene rings is 1. The lowest BCUT2D eigenvalue weighted by Gasteiger charge is -2.08. The van der Waals surface area contributed by atoms with Crippen LogP contribution < -0.4 is 10.1 Å². The van der Waals surface area contributed by atoms with Crippen LogP contribution in [0, 0.1) is 6.92 Å². The van der Waals surface area contributed by atoms with E-state index < -0.39 is 0 Å². The highest BCUT2D eigenvalue weighted by Crippen LogP contribution is 2.28. The average Bonchev–Trinajstić information content (AvgIpc) is 3.34. The van der Waals surface area contributed by atoms with E-state index in [9.17, 15) is 4.79 Å². The van der Waals surface area contributed by atoms with Gasteiger partial charge in [0.15, 0.2) is 10.8 Å². The van der Waals surface area contributed by atoms with Crippen LogP contribution in [-0.2, 0) is 11.3 Å². The van der Waals surface area contributed by atoms with Gasteiger partial charge in [-0.25, -0.2) is 0 Å². The molecule has 0 atom stereocenters. The molecule has 0 saturated heterocycles. The van der Waals surface area contributed by atoms with Crippen LogP contribution in [0.15, 0.2) is 52.2 Å². The quantitative estimate of drug-likeness (QED) is 0.516. The topological polar surface area (TPSA) is 81.7 Å². The van der Waals surface area contributed by atoms with E-state index in [1.165, 1.54) is 11.8 Å². The molecule has 0 aliphatic heterocycles. The Bertz CT molecular complexity index is 1110. The van der Waals surface area contributed by atoms with E-state index in [0.717, 1.165) is 33.6 Å². The highest BCUT2D eigenvalue weighted by molar-refractivity contribution is 7.99. The Balaban J connectivity index is 1.57. The second kappa shape index (κ2) is 7.32. The number of carbonyl (C=O) groups is 1. The largest absolute Gasteiger partial charge is 0.497 e. The van der Waals surface area contributed by atoms with Gasteiger partial charge in [0.2, 0.25) is 5.91 Å². The average molecular weight is 382 g/mol. The molecule has 0 saturated carbocycles. The molecular weight excluding hydrogens is 364 g/mol. The van der Waals surface area contributed by atoms with E-state index in [1.54, 1.807) is 19.4 Å². The second-order valence-corrected chi connectivity index (χ2v) is 6.98. The fourth-order valence-electron chi connectivity index (χ4n) is 2.89. The number of thioether (sulfide) groups is 1. The number of carbonyl (C=O) groups excluding carboxylic acids is 1. The molecule has 3 heterocycles. The zero-order chi connectivity index (χ0) is 18.8. The molecule has 0 aliphatic carbocycles. The number of fused-ring (bicyclic) bond motifs is 3. The van der Waals surface area contributed by atoms with Crippen molar-refractivity contribution < 1.29 is 13.9 Å². The first-order valence-electron chi connectivity index (χ1n) is 8.40. The molecule has 0 bridgehead atoms. The number of pyridine rings is 1. The Kier molecular flexibility index (Phi) is 4.72. The smallest absolute Gasteiger partial charge is 0.230 e. The third kappa shape index (κ3) is 3.48. The molecule has 138 valence electrons. The Morgan fingerprint density at radius 2 is 2.19 bits per heavy atom. The second-order valence-electron chi connectivity index (χ2n) is 6.04. The lowest BCUT2D eigenvalue weighted by Crippen LogP contribution is -2.24. The fourth-order valence-corrected chi connectivity index (χ4v) is 3.67. The maximum Gasteiger partial charge on any atom is 0.230 e. The van der Waals surface area contributed by atoms with Crippen molar-refractivity contribution in [2.75, 3.05) is 12.9 Å². The number of nitrogens with one attached hydrogen (secondary N) is 1. The van der Waals surface area contributed by atoms with Crippen LogP contribution in [0.1, 0.15) is 11.3 Å². The maximum absolute atomic E-state index is 12.1. The van der Waals surface area contributed by atoms with Crippen LogP contribution in [0.3, 0.4) is 0 Å². The molecule has 1 N–H and O–H groups in total. The fraction of sp³-hybridized carbons (Fsp3) is 0.211. The van der Waals surface area contributed by atoms with Crippen molar-refractivity contribution in [1.29, 1.82) is 0 Å². The van der Waals surface area contributed by atoms with Gasteiger partial charge in [-0.15, -0.1) is 10.2 Å². The summed E-state index contributed by atoms with van der Waals surface area (Å²) in [6.07, 6.45) is 1.58. The number of nitrogens with zero attached hydrogens (tertiary/aromatic N) is 3. The van der Waals surface area contributed by atoms with Crippen LogP contribution in [0.4, 0.5) is 0 Å². The van der Waals surface area contributed by atoms with Gasteiger partial charge in [-0.05, 0) is 48.9 Å². The van der Waals surface area contributed by atoms with Gasteiger partial charge in [0.1, 0.15) is 11.5 Å². The Morgan fingerprint density at radius 1 is 1.30 bits per heavy atom. The molecule has 27 heavy (non-hydrogen) atoms. The maximum atomic E-state index is 12.1. The van der Waals surface area contributed by atoms with Crippen LogP contribution in [0.2, 0.25) is 0 Å². The lowest BCUT2D eigenvalue weighted by atomic mass is 10.1. The van der Waals surface area contributed by atoms with E-state index in [0.29, 0.717) is 11.7 Å². The number of aryl methyl sites for hydroxylation is 1. The summed E-state index contributed by atoms with van der Waals surface area (Å²) in [5.74, 6) is 1.66. The lowest BCUT2D eigenvalue weighted by molar-refractivity contribution is -0.118. The predicted octanol–water partition coefficient (Wildman–Crippen LogP) is 3.20. The first-order chi connectivity index (χ1) is 13.2. The standard InChI is InChI=1S/C19H18N4O3S/c1-12-8-13-9-14(25-2)5-6-16(13)23-18(12)21-22-19(23)27-11-17(24)20-10-15-4-3-7-26-15/h3-9H,10-11H2,1-2H3,(H,20,24). The van der Waals surface area contributed by atoms with E-state index in [1.807, 2.05) is 35.6 Å².